The molecule has 0 aliphatic rings. The van der Waals surface area contributed by atoms with E-state index in [4.69, 9.17) is 10.5 Å². The Balaban J connectivity index is 3.63. The monoisotopic (exact) mass is 187 g/mol. The second-order valence-corrected chi connectivity index (χ2v) is 3.84. The SMILES string of the molecule is CCOCCN=C(N)NC(C)(C)C. The van der Waals surface area contributed by atoms with Gasteiger partial charge in [-0.15, -0.1) is 0 Å². The number of guanidine groups is 1. The molecule has 4 nitrogen and oxygen atoms in total. The Labute approximate surface area is 80.6 Å². The van der Waals surface area contributed by atoms with Gasteiger partial charge in [-0.1, -0.05) is 0 Å². The first-order chi connectivity index (χ1) is 5.95. The molecule has 0 aromatic rings. The first-order valence-electron chi connectivity index (χ1n) is 4.61. The van der Waals surface area contributed by atoms with Crippen LogP contribution in [0.15, 0.2) is 4.99 Å². The van der Waals surface area contributed by atoms with Crippen LogP contribution in [0.1, 0.15) is 27.7 Å². The lowest BCUT2D eigenvalue weighted by molar-refractivity contribution is 0.155. The minimum atomic E-state index is -0.0286. The van der Waals surface area contributed by atoms with Crippen molar-refractivity contribution in [2.45, 2.75) is 33.2 Å². The summed E-state index contributed by atoms with van der Waals surface area (Å²) >= 11 is 0. The van der Waals surface area contributed by atoms with Crippen molar-refractivity contribution >= 4 is 5.96 Å². The first kappa shape index (κ1) is 12.2. The molecule has 0 rings (SSSR count). The minimum Gasteiger partial charge on any atom is -0.380 e. The molecule has 0 bridgehead atoms. The maximum absolute atomic E-state index is 5.63. The van der Waals surface area contributed by atoms with Crippen LogP contribution in [0.25, 0.3) is 0 Å². The van der Waals surface area contributed by atoms with E-state index >= 15 is 0 Å². The van der Waals surface area contributed by atoms with Crippen LogP contribution in [0.5, 0.6) is 0 Å². The highest BCUT2D eigenvalue weighted by Gasteiger charge is 2.09. The molecular weight excluding hydrogens is 166 g/mol. The second kappa shape index (κ2) is 5.80. The molecule has 0 saturated heterocycles. The average molecular weight is 187 g/mol. The van der Waals surface area contributed by atoms with E-state index in [0.29, 0.717) is 19.1 Å². The molecule has 4 heteroatoms. The van der Waals surface area contributed by atoms with Crippen molar-refractivity contribution in [3.63, 3.8) is 0 Å². The lowest BCUT2D eigenvalue weighted by Crippen LogP contribution is -2.45. The molecule has 0 aromatic heterocycles. The van der Waals surface area contributed by atoms with Crippen molar-refractivity contribution in [1.29, 1.82) is 0 Å². The van der Waals surface area contributed by atoms with E-state index in [-0.39, 0.29) is 5.54 Å². The number of nitrogens with zero attached hydrogens (tertiary/aromatic N) is 1. The summed E-state index contributed by atoms with van der Waals surface area (Å²) in [7, 11) is 0. The number of nitrogens with one attached hydrogen (secondary N) is 1. The summed E-state index contributed by atoms with van der Waals surface area (Å²) in [6.45, 7) is 10.0. The van der Waals surface area contributed by atoms with Gasteiger partial charge in [0.1, 0.15) is 0 Å². The van der Waals surface area contributed by atoms with E-state index in [2.05, 4.69) is 10.3 Å². The lowest BCUT2D eigenvalue weighted by Gasteiger charge is -2.20. The third-order valence-corrected chi connectivity index (χ3v) is 1.22. The Hall–Kier alpha value is -0.770. The van der Waals surface area contributed by atoms with Crippen LogP contribution in [0.3, 0.4) is 0 Å². The minimum absolute atomic E-state index is 0.0286. The van der Waals surface area contributed by atoms with Gasteiger partial charge in [0.2, 0.25) is 0 Å². The highest BCUT2D eigenvalue weighted by molar-refractivity contribution is 5.78. The molecule has 0 aliphatic heterocycles. The molecule has 0 fully saturated rings. The predicted molar refractivity (Wildman–Crippen MR) is 55.9 cm³/mol. The second-order valence-electron chi connectivity index (χ2n) is 3.84. The zero-order valence-corrected chi connectivity index (χ0v) is 9.05. The van der Waals surface area contributed by atoms with Crippen molar-refractivity contribution in [3.05, 3.63) is 0 Å². The highest BCUT2D eigenvalue weighted by Crippen LogP contribution is 1.96. The zero-order chi connectivity index (χ0) is 10.3. The van der Waals surface area contributed by atoms with Gasteiger partial charge in [0.25, 0.3) is 0 Å². The van der Waals surface area contributed by atoms with Gasteiger partial charge in [0, 0.05) is 12.1 Å². The average Bonchev–Trinajstić information content (AvgIpc) is 1.94. The van der Waals surface area contributed by atoms with E-state index < -0.39 is 0 Å². The molecular formula is C9H21N3O. The summed E-state index contributed by atoms with van der Waals surface area (Å²) in [6.07, 6.45) is 0. The predicted octanol–water partition coefficient (Wildman–Crippen LogP) is 0.726. The Morgan fingerprint density at radius 3 is 2.54 bits per heavy atom. The summed E-state index contributed by atoms with van der Waals surface area (Å²) in [5.41, 5.74) is 5.60. The van der Waals surface area contributed by atoms with Crippen molar-refractivity contribution in [2.24, 2.45) is 10.7 Å². The van der Waals surface area contributed by atoms with Gasteiger partial charge in [-0.25, -0.2) is 0 Å². The summed E-state index contributed by atoms with van der Waals surface area (Å²) < 4.78 is 5.12. The summed E-state index contributed by atoms with van der Waals surface area (Å²) in [6, 6.07) is 0. The summed E-state index contributed by atoms with van der Waals surface area (Å²) in [4.78, 5) is 4.11. The van der Waals surface area contributed by atoms with Gasteiger partial charge < -0.3 is 15.8 Å². The Morgan fingerprint density at radius 2 is 2.08 bits per heavy atom. The van der Waals surface area contributed by atoms with Crippen molar-refractivity contribution < 1.29 is 4.74 Å². The van der Waals surface area contributed by atoms with Crippen molar-refractivity contribution in [2.75, 3.05) is 19.8 Å². The van der Waals surface area contributed by atoms with E-state index in [1.165, 1.54) is 0 Å². The van der Waals surface area contributed by atoms with Crippen LogP contribution >= 0.6 is 0 Å². The molecule has 0 aromatic carbocycles. The van der Waals surface area contributed by atoms with Crippen molar-refractivity contribution in [3.8, 4) is 0 Å². The molecule has 3 N–H and O–H groups in total. The largest absolute Gasteiger partial charge is 0.380 e. The maximum Gasteiger partial charge on any atom is 0.189 e. The molecule has 0 aliphatic carbocycles. The fourth-order valence-electron chi connectivity index (χ4n) is 0.799. The van der Waals surface area contributed by atoms with Crippen LogP contribution in [0.4, 0.5) is 0 Å². The zero-order valence-electron chi connectivity index (χ0n) is 9.05. The fraction of sp³-hybridized carbons (Fsp3) is 0.889. The van der Waals surface area contributed by atoms with Gasteiger partial charge >= 0.3 is 0 Å². The van der Waals surface area contributed by atoms with Crippen molar-refractivity contribution in [1.82, 2.24) is 5.32 Å². The number of hydrogen-bond acceptors (Lipinski definition) is 2. The van der Waals surface area contributed by atoms with Crippen LogP contribution < -0.4 is 11.1 Å². The Bertz CT molecular complexity index is 161. The van der Waals surface area contributed by atoms with Crippen LogP contribution in [0, 0.1) is 0 Å². The third-order valence-electron chi connectivity index (χ3n) is 1.22. The number of rotatable bonds is 4. The molecule has 0 amide bonds. The van der Waals surface area contributed by atoms with E-state index in [9.17, 15) is 0 Å². The number of nitrogens with two attached hydrogens (primary N) is 1. The number of ether oxygens (including phenoxy) is 1. The quantitative estimate of drug-likeness (QED) is 0.387. The van der Waals surface area contributed by atoms with Gasteiger partial charge in [0.05, 0.1) is 13.2 Å². The molecule has 0 spiro atoms. The van der Waals surface area contributed by atoms with Crippen LogP contribution in [0.2, 0.25) is 0 Å². The fourth-order valence-corrected chi connectivity index (χ4v) is 0.799. The molecule has 0 unspecified atom stereocenters. The topological polar surface area (TPSA) is 59.6 Å². The standard InChI is InChI=1S/C9H21N3O/c1-5-13-7-6-11-8(10)12-9(2,3)4/h5-7H2,1-4H3,(H3,10,11,12). The van der Waals surface area contributed by atoms with Gasteiger partial charge in [-0.2, -0.15) is 0 Å². The molecule has 78 valence electrons. The molecule has 0 radical (unpaired) electrons. The molecule has 0 saturated carbocycles. The normalized spacial score (nSPS) is 13.1. The highest BCUT2D eigenvalue weighted by atomic mass is 16.5. The van der Waals surface area contributed by atoms with Gasteiger partial charge in [-0.3, -0.25) is 4.99 Å². The summed E-state index contributed by atoms with van der Waals surface area (Å²) in [5.74, 6) is 0.479. The number of hydrogen-bond donors (Lipinski definition) is 2. The smallest absolute Gasteiger partial charge is 0.189 e. The number of aliphatic imine (C=N–C) groups is 1. The molecule has 13 heavy (non-hydrogen) atoms. The molecule has 0 heterocycles. The lowest BCUT2D eigenvalue weighted by atomic mass is 10.1. The van der Waals surface area contributed by atoms with Gasteiger partial charge in [0.15, 0.2) is 5.96 Å². The van der Waals surface area contributed by atoms with Gasteiger partial charge in [-0.05, 0) is 27.7 Å². The van der Waals surface area contributed by atoms with E-state index in [1.54, 1.807) is 0 Å². The van der Waals surface area contributed by atoms with E-state index in [1.807, 2.05) is 27.7 Å². The summed E-state index contributed by atoms with van der Waals surface area (Å²) in [5, 5.41) is 3.07. The van der Waals surface area contributed by atoms with Crippen LogP contribution in [-0.2, 0) is 4.74 Å². The first-order valence-corrected chi connectivity index (χ1v) is 4.61. The maximum atomic E-state index is 5.63. The van der Waals surface area contributed by atoms with E-state index in [0.717, 1.165) is 6.61 Å². The van der Waals surface area contributed by atoms with Crippen LogP contribution in [-0.4, -0.2) is 31.3 Å². The molecule has 0 atom stereocenters. The Morgan fingerprint density at radius 1 is 1.46 bits per heavy atom. The Kier molecular flexibility index (Phi) is 5.46. The third kappa shape index (κ3) is 9.14.